The summed E-state index contributed by atoms with van der Waals surface area (Å²) >= 11 is 0. The number of aromatic nitrogens is 3. The van der Waals surface area contributed by atoms with Gasteiger partial charge in [-0.15, -0.1) is 0 Å². The van der Waals surface area contributed by atoms with E-state index in [0.29, 0.717) is 29.5 Å². The summed E-state index contributed by atoms with van der Waals surface area (Å²) in [6, 6.07) is 3.83. The average Bonchev–Trinajstić information content (AvgIpc) is 3.40. The summed E-state index contributed by atoms with van der Waals surface area (Å²) in [4.78, 5) is 29.9. The summed E-state index contributed by atoms with van der Waals surface area (Å²) in [7, 11) is 0. The molecule has 3 heterocycles. The van der Waals surface area contributed by atoms with Crippen LogP contribution in [-0.4, -0.2) is 26.6 Å². The Hall–Kier alpha value is -3.42. The van der Waals surface area contributed by atoms with Gasteiger partial charge in [-0.2, -0.15) is 5.10 Å². The van der Waals surface area contributed by atoms with Crippen LogP contribution in [0.25, 0.3) is 0 Å². The molecule has 0 spiro atoms. The molecule has 0 fully saturated rings. The van der Waals surface area contributed by atoms with Crippen molar-refractivity contribution in [2.24, 2.45) is 11.3 Å². The summed E-state index contributed by atoms with van der Waals surface area (Å²) in [6.45, 7) is 14.6. The Labute approximate surface area is 207 Å². The van der Waals surface area contributed by atoms with Crippen LogP contribution in [0.1, 0.15) is 75.7 Å². The molecule has 3 aromatic heterocycles. The van der Waals surface area contributed by atoms with Crippen LogP contribution in [0.2, 0.25) is 0 Å². The third kappa shape index (κ3) is 7.28. The number of rotatable bonds is 9. The minimum Gasteiger partial charge on any atom is -0.467 e. The van der Waals surface area contributed by atoms with E-state index in [0.717, 1.165) is 24.0 Å². The second kappa shape index (κ2) is 10.5. The van der Waals surface area contributed by atoms with Gasteiger partial charge in [0.25, 0.3) is 5.91 Å². The summed E-state index contributed by atoms with van der Waals surface area (Å²) < 4.78 is 7.11. The van der Waals surface area contributed by atoms with Gasteiger partial charge in [0.15, 0.2) is 0 Å². The van der Waals surface area contributed by atoms with Crippen molar-refractivity contribution in [1.29, 1.82) is 0 Å². The van der Waals surface area contributed by atoms with Crippen molar-refractivity contribution in [2.75, 3.05) is 5.32 Å². The second-order valence-corrected chi connectivity index (χ2v) is 11.2. The van der Waals surface area contributed by atoms with Crippen LogP contribution in [0.3, 0.4) is 0 Å². The first-order chi connectivity index (χ1) is 16.3. The number of hydrogen-bond acceptors (Lipinski definition) is 5. The van der Waals surface area contributed by atoms with Crippen LogP contribution in [-0.2, 0) is 29.7 Å². The lowest BCUT2D eigenvalue weighted by atomic mass is 9.88. The quantitative estimate of drug-likeness (QED) is 0.451. The maximum atomic E-state index is 12.9. The van der Waals surface area contributed by atoms with Gasteiger partial charge < -0.3 is 15.1 Å². The molecule has 0 aliphatic rings. The molecule has 0 saturated heterocycles. The molecule has 0 aliphatic heterocycles. The molecule has 3 rings (SSSR count). The van der Waals surface area contributed by atoms with Crippen molar-refractivity contribution < 1.29 is 14.0 Å². The van der Waals surface area contributed by atoms with E-state index in [1.54, 1.807) is 43.4 Å². The monoisotopic (exact) mass is 479 g/mol. The molecule has 35 heavy (non-hydrogen) atoms. The third-order valence-corrected chi connectivity index (χ3v) is 5.54. The van der Waals surface area contributed by atoms with Crippen LogP contribution in [0.5, 0.6) is 0 Å². The summed E-state index contributed by atoms with van der Waals surface area (Å²) in [5, 5.41) is 10.1. The second-order valence-electron chi connectivity index (χ2n) is 11.2. The molecule has 2 N–H and O–H groups in total. The Morgan fingerprint density at radius 3 is 2.49 bits per heavy atom. The topological polar surface area (TPSA) is 102 Å². The first-order valence-electron chi connectivity index (χ1n) is 12.0. The number of carbonyl (C=O) groups is 2. The predicted molar refractivity (Wildman–Crippen MR) is 136 cm³/mol. The number of nitrogens with zero attached hydrogens (tertiary/aromatic N) is 3. The van der Waals surface area contributed by atoms with Crippen molar-refractivity contribution in [3.05, 3.63) is 65.6 Å². The number of furan rings is 1. The van der Waals surface area contributed by atoms with Gasteiger partial charge in [0.05, 0.1) is 30.3 Å². The summed E-state index contributed by atoms with van der Waals surface area (Å²) in [5.74, 6) is 0.761. The van der Waals surface area contributed by atoms with Crippen molar-refractivity contribution in [2.45, 2.75) is 73.4 Å². The zero-order valence-corrected chi connectivity index (χ0v) is 21.8. The molecule has 8 heteroatoms. The molecular weight excluding hydrogens is 442 g/mol. The van der Waals surface area contributed by atoms with Gasteiger partial charge >= 0.3 is 0 Å². The smallest absolute Gasteiger partial charge is 0.257 e. The van der Waals surface area contributed by atoms with Gasteiger partial charge in [-0.3, -0.25) is 19.3 Å². The Morgan fingerprint density at radius 2 is 1.80 bits per heavy atom. The van der Waals surface area contributed by atoms with E-state index in [2.05, 4.69) is 55.3 Å². The Bertz CT molecular complexity index is 1170. The fraction of sp³-hybridized carbons (Fsp3) is 0.481. The summed E-state index contributed by atoms with van der Waals surface area (Å²) in [5.41, 5.74) is 2.23. The average molecular weight is 480 g/mol. The van der Waals surface area contributed by atoms with Crippen LogP contribution in [0.15, 0.2) is 47.6 Å². The lowest BCUT2D eigenvalue weighted by Gasteiger charge is -2.24. The fourth-order valence-corrected chi connectivity index (χ4v) is 3.80. The maximum Gasteiger partial charge on any atom is 0.257 e. The highest BCUT2D eigenvalue weighted by molar-refractivity contribution is 6.04. The minimum absolute atomic E-state index is 0.0946. The number of pyridine rings is 1. The normalized spacial score (nSPS) is 12.1. The molecule has 0 unspecified atom stereocenters. The van der Waals surface area contributed by atoms with E-state index >= 15 is 0 Å². The first kappa shape index (κ1) is 26.2. The first-order valence-corrected chi connectivity index (χ1v) is 12.0. The molecule has 3 aromatic rings. The lowest BCUT2D eigenvalue weighted by Crippen LogP contribution is -2.44. The zero-order chi connectivity index (χ0) is 25.8. The van der Waals surface area contributed by atoms with Crippen LogP contribution in [0.4, 0.5) is 5.69 Å². The van der Waals surface area contributed by atoms with Gasteiger partial charge in [0.2, 0.25) is 5.91 Å². The molecule has 2 amide bonds. The molecule has 0 radical (unpaired) electrons. The standard InChI is InChI=1S/C27H37N5O3/c1-18(2)8-19-10-23(35-17-19)15-29-25(34)27(6,7)32-16-22(14-30-32)31-24(33)21-9-20(12-28-13-21)11-26(3,4)5/h9-10,12-14,16-18H,8,11,15H2,1-7H3,(H,29,34)(H,31,33). The van der Waals surface area contributed by atoms with Gasteiger partial charge in [0, 0.05) is 18.6 Å². The molecule has 8 nitrogen and oxygen atoms in total. The van der Waals surface area contributed by atoms with Crippen molar-refractivity contribution in [3.63, 3.8) is 0 Å². The molecule has 188 valence electrons. The Kier molecular flexibility index (Phi) is 7.83. The Morgan fingerprint density at radius 1 is 1.06 bits per heavy atom. The zero-order valence-electron chi connectivity index (χ0n) is 21.8. The van der Waals surface area contributed by atoms with Crippen LogP contribution >= 0.6 is 0 Å². The van der Waals surface area contributed by atoms with Crippen molar-refractivity contribution >= 4 is 17.5 Å². The fourth-order valence-electron chi connectivity index (χ4n) is 3.80. The number of amides is 2. The van der Waals surface area contributed by atoms with Crippen molar-refractivity contribution in [3.8, 4) is 0 Å². The summed E-state index contributed by atoms with van der Waals surface area (Å²) in [6.07, 6.45) is 10.0. The lowest BCUT2D eigenvalue weighted by molar-refractivity contribution is -0.129. The number of hydrogen-bond donors (Lipinski definition) is 2. The SMILES string of the molecule is CC(C)Cc1coc(CNC(=O)C(C)(C)n2cc(NC(=O)c3cncc(CC(C)(C)C)c3)cn2)c1. The Balaban J connectivity index is 1.61. The number of nitrogens with one attached hydrogen (secondary N) is 2. The minimum atomic E-state index is -0.968. The molecule has 0 bridgehead atoms. The molecule has 0 saturated carbocycles. The van der Waals surface area contributed by atoms with Gasteiger partial charge in [-0.05, 0) is 61.3 Å². The van der Waals surface area contributed by atoms with Gasteiger partial charge in [0.1, 0.15) is 11.3 Å². The van der Waals surface area contributed by atoms with E-state index in [1.165, 1.54) is 6.20 Å². The van der Waals surface area contributed by atoms with E-state index < -0.39 is 5.54 Å². The largest absolute Gasteiger partial charge is 0.467 e. The van der Waals surface area contributed by atoms with Crippen LogP contribution < -0.4 is 10.6 Å². The number of anilines is 1. The van der Waals surface area contributed by atoms with E-state index in [-0.39, 0.29) is 17.2 Å². The number of carbonyl (C=O) groups excluding carboxylic acids is 2. The van der Waals surface area contributed by atoms with E-state index in [4.69, 9.17) is 4.42 Å². The van der Waals surface area contributed by atoms with E-state index in [1.807, 2.05) is 12.1 Å². The molecule has 0 aliphatic carbocycles. The van der Waals surface area contributed by atoms with Gasteiger partial charge in [-0.1, -0.05) is 34.6 Å². The molecular formula is C27H37N5O3. The molecule has 0 atom stereocenters. The predicted octanol–water partition coefficient (Wildman–Crippen LogP) is 4.96. The highest BCUT2D eigenvalue weighted by Crippen LogP contribution is 2.22. The highest BCUT2D eigenvalue weighted by atomic mass is 16.3. The third-order valence-electron chi connectivity index (χ3n) is 5.54. The highest BCUT2D eigenvalue weighted by Gasteiger charge is 2.31. The van der Waals surface area contributed by atoms with Gasteiger partial charge in [-0.25, -0.2) is 0 Å². The van der Waals surface area contributed by atoms with Crippen LogP contribution in [0, 0.1) is 11.3 Å². The van der Waals surface area contributed by atoms with Crippen molar-refractivity contribution in [1.82, 2.24) is 20.1 Å². The van der Waals surface area contributed by atoms with E-state index in [9.17, 15) is 9.59 Å². The molecule has 0 aromatic carbocycles. The maximum absolute atomic E-state index is 12.9.